The molecular weight excluding hydrogens is 228 g/mol. The van der Waals surface area contributed by atoms with Crippen LogP contribution >= 0.6 is 0 Å². The lowest BCUT2D eigenvalue weighted by molar-refractivity contribution is 0.0385. The van der Waals surface area contributed by atoms with Gasteiger partial charge in [0, 0.05) is 19.1 Å². The minimum Gasteiger partial charge on any atom is -0.393 e. The van der Waals surface area contributed by atoms with E-state index in [4.69, 9.17) is 5.11 Å². The van der Waals surface area contributed by atoms with E-state index in [1.165, 1.54) is 19.3 Å². The normalized spacial score (nSPS) is 28.3. The Labute approximate surface area is 110 Å². The highest BCUT2D eigenvalue weighted by Crippen LogP contribution is 2.27. The Morgan fingerprint density at radius 1 is 0.778 bits per heavy atom. The van der Waals surface area contributed by atoms with Gasteiger partial charge < -0.3 is 20.4 Å². The van der Waals surface area contributed by atoms with Gasteiger partial charge in [-0.1, -0.05) is 6.42 Å². The lowest BCUT2D eigenvalue weighted by atomic mass is 9.90. The van der Waals surface area contributed by atoms with Gasteiger partial charge in [-0.25, -0.2) is 0 Å². The average Bonchev–Trinajstić information content (AvgIpc) is 2.32. The summed E-state index contributed by atoms with van der Waals surface area (Å²) in [4.78, 5) is 2.55. The highest BCUT2D eigenvalue weighted by atomic mass is 16.3. The molecule has 3 fully saturated rings. The topological polar surface area (TPSA) is 55.7 Å². The van der Waals surface area contributed by atoms with Crippen molar-refractivity contribution < 1.29 is 10.2 Å². The van der Waals surface area contributed by atoms with Crippen molar-refractivity contribution in [2.75, 3.05) is 26.2 Å². The zero-order chi connectivity index (χ0) is 12.8. The van der Waals surface area contributed by atoms with E-state index in [1.807, 2.05) is 0 Å². The first-order valence-corrected chi connectivity index (χ1v) is 7.56. The molecule has 18 heavy (non-hydrogen) atoms. The van der Waals surface area contributed by atoms with Crippen LogP contribution in [0.3, 0.4) is 0 Å². The Hall–Kier alpha value is -0.160. The standard InChI is InChI=1S/C9H17NO.C5H11NO/c11-9-4-6-10(7-5-9)8-2-1-3-8;7-5-1-3-6-4-2-5/h8-9,11H,1-7H2;5-7H,1-4H2. The molecule has 0 amide bonds. The van der Waals surface area contributed by atoms with E-state index in [1.54, 1.807) is 0 Å². The van der Waals surface area contributed by atoms with E-state index in [2.05, 4.69) is 10.2 Å². The summed E-state index contributed by atoms with van der Waals surface area (Å²) in [6.07, 6.45) is 8.04. The molecule has 0 aromatic rings. The summed E-state index contributed by atoms with van der Waals surface area (Å²) in [6.45, 7) is 4.24. The second-order valence-corrected chi connectivity index (χ2v) is 5.83. The summed E-state index contributed by atoms with van der Waals surface area (Å²) in [5.41, 5.74) is 0. The van der Waals surface area contributed by atoms with Crippen LogP contribution in [0.5, 0.6) is 0 Å². The van der Waals surface area contributed by atoms with E-state index in [0.29, 0.717) is 0 Å². The number of hydrogen-bond donors (Lipinski definition) is 3. The minimum atomic E-state index is -0.0266. The number of nitrogens with one attached hydrogen (secondary N) is 1. The molecule has 0 radical (unpaired) electrons. The Morgan fingerprint density at radius 2 is 1.33 bits per heavy atom. The van der Waals surface area contributed by atoms with E-state index in [0.717, 1.165) is 57.9 Å². The Morgan fingerprint density at radius 3 is 1.72 bits per heavy atom. The third-order valence-corrected chi connectivity index (χ3v) is 4.40. The quantitative estimate of drug-likeness (QED) is 0.647. The Kier molecular flexibility index (Phi) is 5.89. The third kappa shape index (κ3) is 4.50. The lowest BCUT2D eigenvalue weighted by Crippen LogP contribution is -2.45. The smallest absolute Gasteiger partial charge is 0.0564 e. The summed E-state index contributed by atoms with van der Waals surface area (Å²) in [6, 6.07) is 0.877. The van der Waals surface area contributed by atoms with Crippen molar-refractivity contribution in [3.63, 3.8) is 0 Å². The Balaban J connectivity index is 0.000000149. The fraction of sp³-hybridized carbons (Fsp3) is 1.00. The third-order valence-electron chi connectivity index (χ3n) is 4.40. The first kappa shape index (κ1) is 14.3. The number of aliphatic hydroxyl groups excluding tert-OH is 2. The molecular formula is C14H28N2O2. The number of hydrogen-bond acceptors (Lipinski definition) is 4. The molecule has 0 aromatic heterocycles. The van der Waals surface area contributed by atoms with Gasteiger partial charge >= 0.3 is 0 Å². The van der Waals surface area contributed by atoms with Crippen LogP contribution in [-0.4, -0.2) is 59.5 Å². The zero-order valence-electron chi connectivity index (χ0n) is 11.4. The first-order valence-electron chi connectivity index (χ1n) is 7.56. The minimum absolute atomic E-state index is 0.00803. The summed E-state index contributed by atoms with van der Waals surface area (Å²) < 4.78 is 0. The van der Waals surface area contributed by atoms with Crippen LogP contribution in [0.15, 0.2) is 0 Å². The van der Waals surface area contributed by atoms with Gasteiger partial charge in [-0.2, -0.15) is 0 Å². The van der Waals surface area contributed by atoms with Crippen LogP contribution in [-0.2, 0) is 0 Å². The second-order valence-electron chi connectivity index (χ2n) is 5.83. The second kappa shape index (κ2) is 7.43. The van der Waals surface area contributed by atoms with Gasteiger partial charge in [-0.15, -0.1) is 0 Å². The molecule has 0 unspecified atom stereocenters. The van der Waals surface area contributed by atoms with Gasteiger partial charge in [-0.3, -0.25) is 0 Å². The predicted molar refractivity (Wildman–Crippen MR) is 72.6 cm³/mol. The van der Waals surface area contributed by atoms with Gasteiger partial charge in [0.2, 0.25) is 0 Å². The van der Waals surface area contributed by atoms with Crippen LogP contribution in [0.4, 0.5) is 0 Å². The fourth-order valence-electron chi connectivity index (χ4n) is 2.81. The Bertz CT molecular complexity index is 220. The molecule has 1 saturated carbocycles. The molecule has 106 valence electrons. The number of piperidine rings is 2. The molecule has 2 heterocycles. The molecule has 4 heteroatoms. The molecule has 1 aliphatic carbocycles. The fourth-order valence-corrected chi connectivity index (χ4v) is 2.81. The summed E-state index contributed by atoms with van der Waals surface area (Å²) >= 11 is 0. The summed E-state index contributed by atoms with van der Waals surface area (Å²) in [5, 5.41) is 21.3. The van der Waals surface area contributed by atoms with E-state index >= 15 is 0 Å². The number of nitrogens with zero attached hydrogens (tertiary/aromatic N) is 1. The highest BCUT2D eigenvalue weighted by Gasteiger charge is 2.27. The molecule has 0 bridgehead atoms. The van der Waals surface area contributed by atoms with E-state index < -0.39 is 0 Å². The van der Waals surface area contributed by atoms with Crippen molar-refractivity contribution >= 4 is 0 Å². The maximum atomic E-state index is 9.27. The van der Waals surface area contributed by atoms with Crippen molar-refractivity contribution in [2.45, 2.75) is 63.2 Å². The van der Waals surface area contributed by atoms with Crippen molar-refractivity contribution in [1.82, 2.24) is 10.2 Å². The molecule has 2 saturated heterocycles. The SMILES string of the molecule is OC1CCN(C2CCC2)CC1.OC1CCNCC1. The van der Waals surface area contributed by atoms with Crippen molar-refractivity contribution in [3.05, 3.63) is 0 Å². The largest absolute Gasteiger partial charge is 0.393 e. The average molecular weight is 256 g/mol. The predicted octanol–water partition coefficient (Wildman–Crippen LogP) is 0.726. The lowest BCUT2D eigenvalue weighted by Gasteiger charge is -2.40. The van der Waals surface area contributed by atoms with Crippen molar-refractivity contribution in [2.24, 2.45) is 0 Å². The molecule has 3 rings (SSSR count). The molecule has 2 aliphatic heterocycles. The number of aliphatic hydroxyl groups is 2. The molecule has 0 aromatic carbocycles. The maximum Gasteiger partial charge on any atom is 0.0564 e. The van der Waals surface area contributed by atoms with E-state index in [-0.39, 0.29) is 12.2 Å². The van der Waals surface area contributed by atoms with Crippen LogP contribution in [0.1, 0.15) is 44.9 Å². The molecule has 3 aliphatic rings. The van der Waals surface area contributed by atoms with Crippen LogP contribution in [0.2, 0.25) is 0 Å². The monoisotopic (exact) mass is 256 g/mol. The summed E-state index contributed by atoms with van der Waals surface area (Å²) in [7, 11) is 0. The van der Waals surface area contributed by atoms with Crippen LogP contribution in [0, 0.1) is 0 Å². The van der Waals surface area contributed by atoms with Gasteiger partial charge in [-0.05, 0) is 51.6 Å². The summed E-state index contributed by atoms with van der Waals surface area (Å²) in [5.74, 6) is 0. The van der Waals surface area contributed by atoms with Crippen LogP contribution < -0.4 is 5.32 Å². The van der Waals surface area contributed by atoms with Gasteiger partial charge in [0.15, 0.2) is 0 Å². The molecule has 0 spiro atoms. The van der Waals surface area contributed by atoms with Crippen molar-refractivity contribution in [3.8, 4) is 0 Å². The first-order chi connectivity index (χ1) is 8.75. The maximum absolute atomic E-state index is 9.27. The number of rotatable bonds is 1. The molecule has 3 N–H and O–H groups in total. The van der Waals surface area contributed by atoms with Gasteiger partial charge in [0.05, 0.1) is 12.2 Å². The van der Waals surface area contributed by atoms with Gasteiger partial charge in [0.1, 0.15) is 0 Å². The van der Waals surface area contributed by atoms with Gasteiger partial charge in [0.25, 0.3) is 0 Å². The zero-order valence-corrected chi connectivity index (χ0v) is 11.4. The van der Waals surface area contributed by atoms with Crippen molar-refractivity contribution in [1.29, 1.82) is 0 Å². The number of likely N-dealkylation sites (tertiary alicyclic amines) is 1. The molecule has 0 atom stereocenters. The van der Waals surface area contributed by atoms with Crippen LogP contribution in [0.25, 0.3) is 0 Å². The highest BCUT2D eigenvalue weighted by molar-refractivity contribution is 4.83. The van der Waals surface area contributed by atoms with E-state index in [9.17, 15) is 5.11 Å². The molecule has 4 nitrogen and oxygen atoms in total.